The summed E-state index contributed by atoms with van der Waals surface area (Å²) >= 11 is 0. The van der Waals surface area contributed by atoms with Crippen molar-refractivity contribution in [2.75, 3.05) is 41.7 Å². The van der Waals surface area contributed by atoms with Gasteiger partial charge in [0.2, 0.25) is 0 Å². The van der Waals surface area contributed by atoms with Gasteiger partial charge in [-0.15, -0.1) is 0 Å². The van der Waals surface area contributed by atoms with Crippen LogP contribution in [0.5, 0.6) is 0 Å². The van der Waals surface area contributed by atoms with Crippen molar-refractivity contribution in [1.29, 1.82) is 0 Å². The first-order valence-corrected chi connectivity index (χ1v) is 5.95. The maximum absolute atomic E-state index is 9.78. The summed E-state index contributed by atoms with van der Waals surface area (Å²) in [6.07, 6.45) is -2.59. The molecule has 20 heavy (non-hydrogen) atoms. The molecule has 3 N–H and O–H groups in total. The molecule has 0 rings (SSSR count). The second kappa shape index (κ2) is 13.2. The fourth-order valence-corrected chi connectivity index (χ4v) is 1.59. The average molecular weight is 298 g/mol. The van der Waals surface area contributed by atoms with Gasteiger partial charge in [0, 0.05) is 35.4 Å². The van der Waals surface area contributed by atoms with E-state index in [1.54, 1.807) is 0 Å². The molecule has 122 valence electrons. The van der Waals surface area contributed by atoms with Crippen LogP contribution in [0.4, 0.5) is 0 Å². The first kappa shape index (κ1) is 21.5. The van der Waals surface area contributed by atoms with Gasteiger partial charge in [0.15, 0.2) is 0 Å². The maximum Gasteiger partial charge on any atom is 0.300 e. The van der Waals surface area contributed by atoms with E-state index in [0.29, 0.717) is 0 Å². The number of hydrogen-bond acceptors (Lipinski definition) is 7. The van der Waals surface area contributed by atoms with Crippen molar-refractivity contribution in [2.45, 2.75) is 31.3 Å². The van der Waals surface area contributed by atoms with Crippen molar-refractivity contribution >= 4 is 5.97 Å². The molecule has 0 bridgehead atoms. The van der Waals surface area contributed by atoms with Gasteiger partial charge in [-0.2, -0.15) is 0 Å². The molecular formula is C12H26O8. The van der Waals surface area contributed by atoms with E-state index in [1.165, 1.54) is 28.4 Å². The van der Waals surface area contributed by atoms with E-state index < -0.39 is 30.4 Å². The molecule has 0 saturated carbocycles. The summed E-state index contributed by atoms with van der Waals surface area (Å²) in [5.74, 6) is -0.833. The molecule has 8 nitrogen and oxygen atoms in total. The van der Waals surface area contributed by atoms with E-state index in [0.717, 1.165) is 6.92 Å². The molecule has 0 spiro atoms. The Bertz CT molecular complexity index is 227. The number of aliphatic hydroxyl groups is 2. The Hall–Kier alpha value is -0.770. The Kier molecular flexibility index (Phi) is 14.2. The number of ether oxygens (including phenoxy) is 4. The predicted octanol–water partition coefficient (Wildman–Crippen LogP) is -0.878. The molecule has 0 aromatic heterocycles. The molecule has 0 radical (unpaired) electrons. The van der Waals surface area contributed by atoms with Crippen LogP contribution in [0, 0.1) is 0 Å². The normalized spacial score (nSPS) is 16.6. The lowest BCUT2D eigenvalue weighted by Crippen LogP contribution is -2.50. The smallest absolute Gasteiger partial charge is 0.300 e. The molecule has 0 aliphatic heterocycles. The minimum atomic E-state index is -0.843. The van der Waals surface area contributed by atoms with E-state index in [2.05, 4.69) is 0 Å². The highest BCUT2D eigenvalue weighted by Crippen LogP contribution is 2.14. The molecule has 0 aliphatic carbocycles. The van der Waals surface area contributed by atoms with Crippen LogP contribution in [0.2, 0.25) is 0 Å². The molecule has 8 heteroatoms. The number of hydrogen-bond donors (Lipinski definition) is 3. The number of rotatable bonds is 9. The molecule has 0 aromatic carbocycles. The summed E-state index contributed by atoms with van der Waals surface area (Å²) in [7, 11) is 5.87. The molecule has 4 atom stereocenters. The molecule has 0 fully saturated rings. The highest BCUT2D eigenvalue weighted by atomic mass is 16.6. The van der Waals surface area contributed by atoms with Crippen LogP contribution in [0.25, 0.3) is 0 Å². The zero-order valence-corrected chi connectivity index (χ0v) is 12.6. The Morgan fingerprint density at radius 1 is 1.05 bits per heavy atom. The summed E-state index contributed by atoms with van der Waals surface area (Å²) in [5.41, 5.74) is 0. The quantitative estimate of drug-likeness (QED) is 0.503. The van der Waals surface area contributed by atoms with Crippen LogP contribution in [0.3, 0.4) is 0 Å². The van der Waals surface area contributed by atoms with E-state index in [9.17, 15) is 5.11 Å². The molecule has 0 saturated heterocycles. The van der Waals surface area contributed by atoms with Crippen LogP contribution in [-0.4, -0.2) is 87.4 Å². The third-order valence-corrected chi connectivity index (χ3v) is 2.43. The lowest BCUT2D eigenvalue weighted by Gasteiger charge is -2.32. The molecule has 0 aromatic rings. The summed E-state index contributed by atoms with van der Waals surface area (Å²) in [4.78, 5) is 9.00. The predicted molar refractivity (Wildman–Crippen MR) is 70.7 cm³/mol. The first-order valence-electron chi connectivity index (χ1n) is 5.95. The first-order chi connectivity index (χ1) is 9.39. The number of aliphatic carboxylic acids is 1. The van der Waals surface area contributed by atoms with Gasteiger partial charge in [-0.3, -0.25) is 4.79 Å². The van der Waals surface area contributed by atoms with Crippen LogP contribution in [0.15, 0.2) is 0 Å². The van der Waals surface area contributed by atoms with Crippen LogP contribution in [-0.2, 0) is 23.7 Å². The SMILES string of the molecule is CC(=O)O.COC[C@@H](O)[C@@H](OC)[C@H](OC)[C@@H](CO)OC. The van der Waals surface area contributed by atoms with Crippen LogP contribution in [0.1, 0.15) is 6.92 Å². The number of carboxylic acid groups (broad SMARTS) is 1. The van der Waals surface area contributed by atoms with Gasteiger partial charge in [0.25, 0.3) is 5.97 Å². The van der Waals surface area contributed by atoms with E-state index in [-0.39, 0.29) is 13.2 Å². The van der Waals surface area contributed by atoms with E-state index in [4.69, 9.17) is 34.0 Å². The lowest BCUT2D eigenvalue weighted by atomic mass is 10.0. The minimum Gasteiger partial charge on any atom is -0.481 e. The van der Waals surface area contributed by atoms with E-state index >= 15 is 0 Å². The van der Waals surface area contributed by atoms with Crippen LogP contribution >= 0.6 is 0 Å². The molecule has 0 heterocycles. The molecule has 0 aliphatic rings. The number of carboxylic acids is 1. The summed E-state index contributed by atoms with van der Waals surface area (Å²) in [6.45, 7) is 0.995. The van der Waals surface area contributed by atoms with Crippen molar-refractivity contribution in [3.8, 4) is 0 Å². The molecule has 0 unspecified atom stereocenters. The van der Waals surface area contributed by atoms with E-state index in [1.807, 2.05) is 0 Å². The Balaban J connectivity index is 0. The third-order valence-electron chi connectivity index (χ3n) is 2.43. The summed E-state index contributed by atoms with van der Waals surface area (Å²) in [6, 6.07) is 0. The topological polar surface area (TPSA) is 115 Å². The number of methoxy groups -OCH3 is 4. The zero-order chi connectivity index (χ0) is 16.1. The summed E-state index contributed by atoms with van der Waals surface area (Å²) < 4.78 is 20.2. The fraction of sp³-hybridized carbons (Fsp3) is 0.917. The van der Waals surface area contributed by atoms with Gasteiger partial charge in [-0.1, -0.05) is 0 Å². The largest absolute Gasteiger partial charge is 0.481 e. The van der Waals surface area contributed by atoms with Gasteiger partial charge in [0.1, 0.15) is 24.4 Å². The third kappa shape index (κ3) is 9.18. The Morgan fingerprint density at radius 3 is 1.75 bits per heavy atom. The fourth-order valence-electron chi connectivity index (χ4n) is 1.59. The number of aliphatic hydroxyl groups excluding tert-OH is 2. The van der Waals surface area contributed by atoms with Gasteiger partial charge in [0.05, 0.1) is 13.2 Å². The molecule has 0 amide bonds. The second-order valence-corrected chi connectivity index (χ2v) is 3.90. The summed E-state index contributed by atoms with van der Waals surface area (Å²) in [5, 5.41) is 26.3. The monoisotopic (exact) mass is 298 g/mol. The van der Waals surface area contributed by atoms with Gasteiger partial charge < -0.3 is 34.3 Å². The Morgan fingerprint density at radius 2 is 1.50 bits per heavy atom. The van der Waals surface area contributed by atoms with Crippen molar-refractivity contribution in [1.82, 2.24) is 0 Å². The van der Waals surface area contributed by atoms with Crippen LogP contribution < -0.4 is 0 Å². The second-order valence-electron chi connectivity index (χ2n) is 3.90. The maximum atomic E-state index is 9.78. The Labute approximate surface area is 119 Å². The zero-order valence-electron chi connectivity index (χ0n) is 12.6. The van der Waals surface area contributed by atoms with Crippen molar-refractivity contribution in [2.24, 2.45) is 0 Å². The van der Waals surface area contributed by atoms with Crippen molar-refractivity contribution in [3.63, 3.8) is 0 Å². The highest BCUT2D eigenvalue weighted by Gasteiger charge is 2.34. The van der Waals surface area contributed by atoms with Crippen molar-refractivity contribution in [3.05, 3.63) is 0 Å². The van der Waals surface area contributed by atoms with Gasteiger partial charge in [-0.25, -0.2) is 0 Å². The number of carbonyl (C=O) groups is 1. The van der Waals surface area contributed by atoms with Gasteiger partial charge >= 0.3 is 0 Å². The lowest BCUT2D eigenvalue weighted by molar-refractivity contribution is -0.158. The average Bonchev–Trinajstić information content (AvgIpc) is 2.38. The van der Waals surface area contributed by atoms with Crippen molar-refractivity contribution < 1.29 is 39.1 Å². The van der Waals surface area contributed by atoms with Gasteiger partial charge in [-0.05, 0) is 0 Å². The minimum absolute atomic E-state index is 0.125. The standard InChI is InChI=1S/C10H22O6.C2H4O2/c1-13-6-7(12)9(15-3)10(16-4)8(5-11)14-2;1-2(3)4/h7-12H,5-6H2,1-4H3;1H3,(H,3,4)/t7-,8-,9-,10-;/m1./s1. The highest BCUT2D eigenvalue weighted by molar-refractivity contribution is 5.62. The molecular weight excluding hydrogens is 272 g/mol.